The Kier molecular flexibility index (Phi) is 15.0. The maximum absolute atomic E-state index is 5.70. The largest absolute Gasteiger partial charge is 0.329 e. The lowest BCUT2D eigenvalue weighted by Gasteiger charge is -2.27. The van der Waals surface area contributed by atoms with Gasteiger partial charge in [0.2, 0.25) is 0 Å². The monoisotopic (exact) mass is 288 g/mol. The third-order valence-corrected chi connectivity index (χ3v) is 3.32. The fraction of sp³-hybridized carbons (Fsp3) is 1.00. The van der Waals surface area contributed by atoms with Crippen LogP contribution in [0.1, 0.15) is 13.3 Å². The Bertz CT molecular complexity index is 191. The van der Waals surface area contributed by atoms with Crippen molar-refractivity contribution in [1.82, 2.24) is 20.4 Å². The highest BCUT2D eigenvalue weighted by atomic mass is 15.2. The first-order chi connectivity index (χ1) is 9.78. The summed E-state index contributed by atoms with van der Waals surface area (Å²) in [4.78, 5) is 4.96. The molecule has 0 aromatic heterocycles. The molecule has 0 unspecified atom stereocenters. The van der Waals surface area contributed by atoms with E-state index < -0.39 is 0 Å². The minimum atomic E-state index is 0.700. The first-order valence-electron chi connectivity index (χ1n) is 7.98. The van der Waals surface area contributed by atoms with E-state index in [0.29, 0.717) is 6.54 Å². The summed E-state index contributed by atoms with van der Waals surface area (Å²) in [7, 11) is 2.01. The number of nitrogens with two attached hydrogens (primary N) is 2. The summed E-state index contributed by atoms with van der Waals surface area (Å²) in [6.07, 6.45) is 1.21. The third-order valence-electron chi connectivity index (χ3n) is 3.32. The first kappa shape index (κ1) is 19.8. The van der Waals surface area contributed by atoms with E-state index in [-0.39, 0.29) is 0 Å². The second-order valence-electron chi connectivity index (χ2n) is 5.11. The molecule has 0 fully saturated rings. The van der Waals surface area contributed by atoms with Crippen molar-refractivity contribution in [3.05, 3.63) is 0 Å². The SMILES string of the molecule is CCCN(CCNC)CCN(CCN)CCNCCN. The van der Waals surface area contributed by atoms with Crippen molar-refractivity contribution in [3.63, 3.8) is 0 Å². The summed E-state index contributed by atoms with van der Waals surface area (Å²) in [6.45, 7) is 13.1. The number of rotatable bonds is 15. The van der Waals surface area contributed by atoms with Crippen molar-refractivity contribution in [2.75, 3.05) is 79.0 Å². The summed E-state index contributed by atoms with van der Waals surface area (Å²) in [6, 6.07) is 0. The van der Waals surface area contributed by atoms with E-state index in [1.165, 1.54) is 13.0 Å². The topological polar surface area (TPSA) is 82.6 Å². The standard InChI is InChI=1S/C14H36N6/c1-3-9-19(11-7-17-2)13-14-20(10-5-16)12-8-18-6-4-15/h17-18H,3-16H2,1-2H3. The van der Waals surface area contributed by atoms with Crippen molar-refractivity contribution in [3.8, 4) is 0 Å². The zero-order valence-electron chi connectivity index (χ0n) is 13.5. The molecule has 6 heteroatoms. The van der Waals surface area contributed by atoms with Gasteiger partial charge < -0.3 is 27.0 Å². The molecule has 20 heavy (non-hydrogen) atoms. The van der Waals surface area contributed by atoms with Gasteiger partial charge in [-0.15, -0.1) is 0 Å². The highest BCUT2D eigenvalue weighted by molar-refractivity contribution is 4.66. The smallest absolute Gasteiger partial charge is 0.0110 e. The van der Waals surface area contributed by atoms with Crippen molar-refractivity contribution in [1.29, 1.82) is 0 Å². The van der Waals surface area contributed by atoms with Crippen LogP contribution in [0.25, 0.3) is 0 Å². The Hall–Kier alpha value is -0.240. The molecule has 0 aromatic rings. The molecule has 0 amide bonds. The van der Waals surface area contributed by atoms with Gasteiger partial charge in [-0.05, 0) is 20.0 Å². The molecule has 6 N–H and O–H groups in total. The molecule has 0 heterocycles. The second-order valence-corrected chi connectivity index (χ2v) is 5.11. The molecule has 0 aliphatic carbocycles. The minimum Gasteiger partial charge on any atom is -0.329 e. The van der Waals surface area contributed by atoms with Gasteiger partial charge in [0.05, 0.1) is 0 Å². The summed E-state index contributed by atoms with van der Waals surface area (Å²) in [5, 5.41) is 6.56. The molecule has 0 radical (unpaired) electrons. The number of hydrogen-bond donors (Lipinski definition) is 4. The van der Waals surface area contributed by atoms with Crippen LogP contribution in [0.2, 0.25) is 0 Å². The van der Waals surface area contributed by atoms with Crippen LogP contribution in [-0.4, -0.2) is 88.8 Å². The van der Waals surface area contributed by atoms with E-state index in [9.17, 15) is 0 Å². The van der Waals surface area contributed by atoms with Crippen LogP contribution in [0.3, 0.4) is 0 Å². The average molecular weight is 288 g/mol. The van der Waals surface area contributed by atoms with E-state index in [2.05, 4.69) is 27.4 Å². The van der Waals surface area contributed by atoms with Gasteiger partial charge in [-0.2, -0.15) is 0 Å². The van der Waals surface area contributed by atoms with Crippen molar-refractivity contribution in [2.24, 2.45) is 11.5 Å². The van der Waals surface area contributed by atoms with Gasteiger partial charge in [-0.1, -0.05) is 6.92 Å². The molecule has 122 valence electrons. The molecular weight excluding hydrogens is 252 g/mol. The molecular formula is C14H36N6. The predicted octanol–water partition coefficient (Wildman–Crippen LogP) is -1.27. The maximum atomic E-state index is 5.70. The zero-order chi connectivity index (χ0) is 15.1. The van der Waals surface area contributed by atoms with E-state index in [4.69, 9.17) is 11.5 Å². The Balaban J connectivity index is 3.93. The number of nitrogens with one attached hydrogen (secondary N) is 2. The number of hydrogen-bond acceptors (Lipinski definition) is 6. The maximum Gasteiger partial charge on any atom is 0.0110 e. The van der Waals surface area contributed by atoms with Crippen molar-refractivity contribution in [2.45, 2.75) is 13.3 Å². The van der Waals surface area contributed by atoms with Crippen LogP contribution in [0.15, 0.2) is 0 Å². The molecule has 0 aliphatic heterocycles. The molecule has 0 saturated carbocycles. The van der Waals surface area contributed by atoms with E-state index in [1.54, 1.807) is 0 Å². The average Bonchev–Trinajstić information content (AvgIpc) is 2.46. The molecule has 0 rings (SSSR count). The molecule has 0 aromatic carbocycles. The Morgan fingerprint density at radius 2 is 1.40 bits per heavy atom. The van der Waals surface area contributed by atoms with Gasteiger partial charge >= 0.3 is 0 Å². The number of likely N-dealkylation sites (N-methyl/N-ethyl adjacent to an activating group) is 1. The lowest BCUT2D eigenvalue weighted by Crippen LogP contribution is -2.42. The highest BCUT2D eigenvalue weighted by Gasteiger charge is 2.07. The van der Waals surface area contributed by atoms with Gasteiger partial charge in [0.25, 0.3) is 0 Å². The molecule has 6 nitrogen and oxygen atoms in total. The van der Waals surface area contributed by atoms with Crippen LogP contribution >= 0.6 is 0 Å². The normalized spacial score (nSPS) is 11.7. The van der Waals surface area contributed by atoms with Crippen LogP contribution < -0.4 is 22.1 Å². The number of nitrogens with zero attached hydrogens (tertiary/aromatic N) is 2. The molecule has 0 aliphatic rings. The van der Waals surface area contributed by atoms with Gasteiger partial charge in [0.15, 0.2) is 0 Å². The molecule has 0 spiro atoms. The van der Waals surface area contributed by atoms with Gasteiger partial charge in [-0.3, -0.25) is 4.90 Å². The van der Waals surface area contributed by atoms with E-state index in [0.717, 1.165) is 58.9 Å². The molecule has 0 bridgehead atoms. The van der Waals surface area contributed by atoms with Crippen molar-refractivity contribution < 1.29 is 0 Å². The minimum absolute atomic E-state index is 0.700. The lowest BCUT2D eigenvalue weighted by molar-refractivity contribution is 0.207. The predicted molar refractivity (Wildman–Crippen MR) is 88.1 cm³/mol. The summed E-state index contributed by atoms with van der Waals surface area (Å²) in [5.74, 6) is 0. The van der Waals surface area contributed by atoms with Crippen LogP contribution in [0.4, 0.5) is 0 Å². The van der Waals surface area contributed by atoms with Crippen LogP contribution in [0.5, 0.6) is 0 Å². The van der Waals surface area contributed by atoms with Gasteiger partial charge in [0.1, 0.15) is 0 Å². The zero-order valence-corrected chi connectivity index (χ0v) is 13.5. The summed E-state index contributed by atoms with van der Waals surface area (Å²) >= 11 is 0. The Labute approximate surface area is 125 Å². The summed E-state index contributed by atoms with van der Waals surface area (Å²) in [5.41, 5.74) is 11.2. The quantitative estimate of drug-likeness (QED) is 0.281. The fourth-order valence-electron chi connectivity index (χ4n) is 2.19. The molecule has 0 saturated heterocycles. The van der Waals surface area contributed by atoms with Crippen molar-refractivity contribution >= 4 is 0 Å². The second kappa shape index (κ2) is 15.2. The van der Waals surface area contributed by atoms with E-state index in [1.807, 2.05) is 7.05 Å². The van der Waals surface area contributed by atoms with E-state index >= 15 is 0 Å². The fourth-order valence-corrected chi connectivity index (χ4v) is 2.19. The van der Waals surface area contributed by atoms with Crippen LogP contribution in [0, 0.1) is 0 Å². The Morgan fingerprint density at radius 1 is 0.750 bits per heavy atom. The van der Waals surface area contributed by atoms with Crippen LogP contribution in [-0.2, 0) is 0 Å². The van der Waals surface area contributed by atoms with Gasteiger partial charge in [0, 0.05) is 65.4 Å². The first-order valence-corrected chi connectivity index (χ1v) is 7.98. The Morgan fingerprint density at radius 3 is 1.95 bits per heavy atom. The third kappa shape index (κ3) is 11.6. The lowest BCUT2D eigenvalue weighted by atomic mass is 10.3. The van der Waals surface area contributed by atoms with Gasteiger partial charge in [-0.25, -0.2) is 0 Å². The summed E-state index contributed by atoms with van der Waals surface area (Å²) < 4.78 is 0. The molecule has 0 atom stereocenters. The highest BCUT2D eigenvalue weighted by Crippen LogP contribution is 1.94.